The van der Waals surface area contributed by atoms with Gasteiger partial charge in [0.05, 0.1) is 6.04 Å². The van der Waals surface area contributed by atoms with Gasteiger partial charge in [-0.3, -0.25) is 0 Å². The highest BCUT2D eigenvalue weighted by Gasteiger charge is 2.12. The van der Waals surface area contributed by atoms with Crippen LogP contribution in [-0.4, -0.2) is 23.3 Å². The lowest BCUT2D eigenvalue weighted by molar-refractivity contribution is 0.429. The van der Waals surface area contributed by atoms with Gasteiger partial charge >= 0.3 is 6.01 Å². The van der Waals surface area contributed by atoms with E-state index in [0.717, 1.165) is 19.5 Å². The zero-order chi connectivity index (χ0) is 12.8. The molecule has 18 heavy (non-hydrogen) atoms. The van der Waals surface area contributed by atoms with E-state index in [9.17, 15) is 0 Å². The smallest absolute Gasteiger partial charge is 0.315 e. The number of anilines is 1. The highest BCUT2D eigenvalue weighted by Crippen LogP contribution is 2.13. The second kappa shape index (κ2) is 6.51. The minimum Gasteiger partial charge on any atom is -0.406 e. The van der Waals surface area contributed by atoms with Crippen LogP contribution in [0.15, 0.2) is 21.2 Å². The van der Waals surface area contributed by atoms with Crippen molar-refractivity contribution < 1.29 is 4.42 Å². The molecule has 5 nitrogen and oxygen atoms in total. The minimum atomic E-state index is 0.0925. The van der Waals surface area contributed by atoms with Crippen molar-refractivity contribution in [1.29, 1.82) is 0 Å². The highest BCUT2D eigenvalue weighted by molar-refractivity contribution is 7.07. The largest absolute Gasteiger partial charge is 0.406 e. The van der Waals surface area contributed by atoms with Crippen LogP contribution < -0.4 is 10.6 Å². The summed E-state index contributed by atoms with van der Waals surface area (Å²) in [6, 6.07) is 2.71. The maximum absolute atomic E-state index is 5.52. The molecule has 0 fully saturated rings. The van der Waals surface area contributed by atoms with E-state index >= 15 is 0 Å². The van der Waals surface area contributed by atoms with Crippen LogP contribution >= 0.6 is 11.3 Å². The Morgan fingerprint density at radius 2 is 2.33 bits per heavy atom. The molecule has 2 aromatic heterocycles. The van der Waals surface area contributed by atoms with Crippen LogP contribution in [0, 0.1) is 0 Å². The molecule has 2 heterocycles. The van der Waals surface area contributed by atoms with Crippen LogP contribution in [0.5, 0.6) is 0 Å². The molecular formula is C12H18N4OS. The summed E-state index contributed by atoms with van der Waals surface area (Å²) in [5, 5.41) is 18.6. The number of thiophene rings is 1. The molecule has 6 heteroatoms. The van der Waals surface area contributed by atoms with Gasteiger partial charge in [-0.2, -0.15) is 11.3 Å². The lowest BCUT2D eigenvalue weighted by Crippen LogP contribution is -2.17. The van der Waals surface area contributed by atoms with Crippen molar-refractivity contribution >= 4 is 17.4 Å². The number of nitrogens with zero attached hydrogens (tertiary/aromatic N) is 2. The van der Waals surface area contributed by atoms with E-state index in [1.807, 2.05) is 13.8 Å². The first-order valence-corrected chi connectivity index (χ1v) is 7.05. The van der Waals surface area contributed by atoms with E-state index in [1.165, 1.54) is 5.56 Å². The van der Waals surface area contributed by atoms with Crippen LogP contribution in [-0.2, 0) is 6.42 Å². The van der Waals surface area contributed by atoms with E-state index in [2.05, 4.69) is 37.7 Å². The van der Waals surface area contributed by atoms with Crippen molar-refractivity contribution in [1.82, 2.24) is 15.5 Å². The van der Waals surface area contributed by atoms with Gasteiger partial charge in [-0.15, -0.1) is 5.10 Å². The summed E-state index contributed by atoms with van der Waals surface area (Å²) in [5.41, 5.74) is 1.33. The summed E-state index contributed by atoms with van der Waals surface area (Å²) in [6.07, 6.45) is 0.962. The molecule has 0 saturated heterocycles. The Labute approximate surface area is 111 Å². The van der Waals surface area contributed by atoms with Crippen LogP contribution in [0.1, 0.15) is 31.3 Å². The fourth-order valence-corrected chi connectivity index (χ4v) is 2.33. The highest BCUT2D eigenvalue weighted by atomic mass is 32.1. The van der Waals surface area contributed by atoms with Crippen molar-refractivity contribution in [2.45, 2.75) is 26.3 Å². The first-order chi connectivity index (χ1) is 8.79. The van der Waals surface area contributed by atoms with E-state index in [1.54, 1.807) is 11.3 Å². The molecule has 1 atom stereocenters. The normalized spacial score (nSPS) is 12.6. The molecule has 0 amide bonds. The number of nitrogens with one attached hydrogen (secondary N) is 2. The average molecular weight is 266 g/mol. The van der Waals surface area contributed by atoms with Gasteiger partial charge in [0.15, 0.2) is 0 Å². The predicted octanol–water partition coefficient (Wildman–Crippen LogP) is 2.46. The predicted molar refractivity (Wildman–Crippen MR) is 72.9 cm³/mol. The quantitative estimate of drug-likeness (QED) is 0.806. The van der Waals surface area contributed by atoms with E-state index in [-0.39, 0.29) is 6.04 Å². The maximum atomic E-state index is 5.52. The Bertz CT molecular complexity index is 454. The van der Waals surface area contributed by atoms with Gasteiger partial charge in [0, 0.05) is 6.54 Å². The summed E-state index contributed by atoms with van der Waals surface area (Å²) in [4.78, 5) is 0. The monoisotopic (exact) mass is 266 g/mol. The number of hydrogen-bond acceptors (Lipinski definition) is 6. The molecule has 1 unspecified atom stereocenters. The average Bonchev–Trinajstić information content (AvgIpc) is 3.00. The summed E-state index contributed by atoms with van der Waals surface area (Å²) >= 11 is 1.71. The zero-order valence-corrected chi connectivity index (χ0v) is 11.5. The molecule has 2 aromatic rings. The van der Waals surface area contributed by atoms with E-state index < -0.39 is 0 Å². The molecule has 0 bridgehead atoms. The third-order valence-corrected chi connectivity index (χ3v) is 3.32. The zero-order valence-electron chi connectivity index (χ0n) is 10.6. The summed E-state index contributed by atoms with van der Waals surface area (Å²) < 4.78 is 5.52. The molecular weight excluding hydrogens is 248 g/mol. The van der Waals surface area contributed by atoms with Crippen molar-refractivity contribution in [3.63, 3.8) is 0 Å². The Hall–Kier alpha value is -1.40. The van der Waals surface area contributed by atoms with Crippen LogP contribution in [0.3, 0.4) is 0 Å². The second-order valence-electron chi connectivity index (χ2n) is 4.03. The first kappa shape index (κ1) is 13.0. The number of hydrogen-bond donors (Lipinski definition) is 2. The molecule has 0 spiro atoms. The molecule has 0 radical (unpaired) electrons. The Kier molecular flexibility index (Phi) is 4.72. The van der Waals surface area contributed by atoms with Crippen molar-refractivity contribution in [3.05, 3.63) is 28.3 Å². The third-order valence-electron chi connectivity index (χ3n) is 2.59. The van der Waals surface area contributed by atoms with Crippen molar-refractivity contribution in [2.75, 3.05) is 18.4 Å². The van der Waals surface area contributed by atoms with Gasteiger partial charge in [0.2, 0.25) is 5.89 Å². The summed E-state index contributed by atoms with van der Waals surface area (Å²) in [5.74, 6) is 0.620. The molecule has 0 saturated carbocycles. The lowest BCUT2D eigenvalue weighted by atomic mass is 10.2. The lowest BCUT2D eigenvalue weighted by Gasteiger charge is -2.05. The van der Waals surface area contributed by atoms with Crippen LogP contribution in [0.2, 0.25) is 0 Å². The Morgan fingerprint density at radius 1 is 1.44 bits per heavy atom. The Morgan fingerprint density at radius 3 is 3.06 bits per heavy atom. The van der Waals surface area contributed by atoms with Crippen molar-refractivity contribution in [3.8, 4) is 0 Å². The SMILES string of the molecule is CCNC(C)c1nnc(NCCc2ccsc2)o1. The van der Waals surface area contributed by atoms with Gasteiger partial charge in [-0.1, -0.05) is 12.0 Å². The molecule has 0 aromatic carbocycles. The second-order valence-corrected chi connectivity index (χ2v) is 4.81. The minimum absolute atomic E-state index is 0.0925. The summed E-state index contributed by atoms with van der Waals surface area (Å²) in [6.45, 7) is 5.73. The molecule has 2 rings (SSSR count). The van der Waals surface area contributed by atoms with Gasteiger partial charge in [-0.25, -0.2) is 0 Å². The summed E-state index contributed by atoms with van der Waals surface area (Å²) in [7, 11) is 0. The fraction of sp³-hybridized carbons (Fsp3) is 0.500. The van der Waals surface area contributed by atoms with Crippen LogP contribution in [0.25, 0.3) is 0 Å². The molecule has 2 N–H and O–H groups in total. The van der Waals surface area contributed by atoms with Crippen LogP contribution in [0.4, 0.5) is 6.01 Å². The van der Waals surface area contributed by atoms with Gasteiger partial charge in [-0.05, 0) is 42.3 Å². The Balaban J connectivity index is 1.79. The molecule has 0 aliphatic heterocycles. The standard InChI is InChI=1S/C12H18N4OS/c1-3-13-9(2)11-15-16-12(17-11)14-6-4-10-5-7-18-8-10/h5,7-9,13H,3-4,6H2,1-2H3,(H,14,16). The van der Waals surface area contributed by atoms with Gasteiger partial charge in [0.25, 0.3) is 0 Å². The van der Waals surface area contributed by atoms with Crippen molar-refractivity contribution in [2.24, 2.45) is 0 Å². The molecule has 0 aliphatic rings. The molecule has 98 valence electrons. The fourth-order valence-electron chi connectivity index (χ4n) is 1.62. The van der Waals surface area contributed by atoms with Gasteiger partial charge < -0.3 is 15.1 Å². The van der Waals surface area contributed by atoms with E-state index in [4.69, 9.17) is 4.42 Å². The van der Waals surface area contributed by atoms with E-state index in [0.29, 0.717) is 11.9 Å². The number of aromatic nitrogens is 2. The number of rotatable bonds is 7. The third kappa shape index (κ3) is 3.54. The first-order valence-electron chi connectivity index (χ1n) is 6.11. The van der Waals surface area contributed by atoms with Gasteiger partial charge in [0.1, 0.15) is 0 Å². The topological polar surface area (TPSA) is 63.0 Å². The maximum Gasteiger partial charge on any atom is 0.315 e. The molecule has 0 aliphatic carbocycles.